The van der Waals surface area contributed by atoms with E-state index in [9.17, 15) is 42.5 Å². The van der Waals surface area contributed by atoms with Crippen molar-refractivity contribution in [1.29, 1.82) is 0 Å². The first-order valence-electron chi connectivity index (χ1n) is 12.7. The second-order valence-electron chi connectivity index (χ2n) is 9.53. The fraction of sp³-hybridized carbons (Fsp3) is 0.292. The molecule has 0 radical (unpaired) electrons. The standard InChI is InChI=1S/C24H26BFN6O10S/c1-2-31-8-9-32(22(35)21(31)34)24(38)29-18(15-11-13(6-7-16(15)26)30-43(27,40)41)20(33)28-17-10-12-4-3-5-14(23(36)37)19(12)42-25(17)39/h3-7,11,17-18,30,39H,2,8-10H2,1H3,(H,28,33)(H,29,38)(H,36,37)(H2,27,40,41)/t17-,18?/m0/s1. The average molecular weight is 620 g/mol. The summed E-state index contributed by atoms with van der Waals surface area (Å²) < 4.78 is 45.4. The van der Waals surface area contributed by atoms with Crippen LogP contribution in [-0.4, -0.2) is 90.8 Å². The molecule has 2 aliphatic rings. The number of anilines is 1. The number of fused-ring (bicyclic) bond motifs is 1. The van der Waals surface area contributed by atoms with Crippen LogP contribution in [0.2, 0.25) is 0 Å². The number of carboxylic acids is 1. The number of para-hydroxylation sites is 1. The summed E-state index contributed by atoms with van der Waals surface area (Å²) in [5, 5.41) is 29.6. The van der Waals surface area contributed by atoms with Gasteiger partial charge in [0.05, 0.1) is 17.2 Å². The normalized spacial score (nSPS) is 17.5. The van der Waals surface area contributed by atoms with Gasteiger partial charge < -0.3 is 30.3 Å². The summed E-state index contributed by atoms with van der Waals surface area (Å²) in [7, 11) is -6.10. The molecule has 0 aromatic heterocycles. The van der Waals surface area contributed by atoms with E-state index in [2.05, 4.69) is 10.6 Å². The van der Waals surface area contributed by atoms with Gasteiger partial charge in [0.15, 0.2) is 0 Å². The highest BCUT2D eigenvalue weighted by atomic mass is 32.2. The van der Waals surface area contributed by atoms with Crippen LogP contribution >= 0.6 is 0 Å². The van der Waals surface area contributed by atoms with Gasteiger partial charge in [-0.15, -0.1) is 0 Å². The Balaban J connectivity index is 1.65. The van der Waals surface area contributed by atoms with Crippen LogP contribution in [0.5, 0.6) is 5.75 Å². The Morgan fingerprint density at radius 1 is 1.19 bits per heavy atom. The van der Waals surface area contributed by atoms with E-state index in [1.807, 2.05) is 4.72 Å². The zero-order chi connectivity index (χ0) is 31.6. The lowest BCUT2D eigenvalue weighted by molar-refractivity contribution is -0.153. The van der Waals surface area contributed by atoms with Crippen molar-refractivity contribution >= 4 is 52.7 Å². The SMILES string of the molecule is CCN1CCN(C(=O)NC(C(=O)N[C@H]2Cc3cccc(C(=O)O)c3OB2O)c2cc(NS(N)(=O)=O)ccc2F)C(=O)C1=O. The molecular formula is C24H26BFN6O10S. The van der Waals surface area contributed by atoms with E-state index < -0.39 is 70.4 Å². The monoisotopic (exact) mass is 620 g/mol. The molecule has 2 aromatic carbocycles. The number of likely N-dealkylation sites (N-methyl/N-ethyl adjacent to an activating group) is 1. The van der Waals surface area contributed by atoms with E-state index in [-0.39, 0.29) is 43.1 Å². The molecule has 1 fully saturated rings. The summed E-state index contributed by atoms with van der Waals surface area (Å²) in [5.74, 6) is -7.00. The molecule has 43 heavy (non-hydrogen) atoms. The number of benzene rings is 2. The lowest BCUT2D eigenvalue weighted by Gasteiger charge is -2.33. The highest BCUT2D eigenvalue weighted by molar-refractivity contribution is 7.90. The van der Waals surface area contributed by atoms with Crippen molar-refractivity contribution < 1.29 is 51.6 Å². The quantitative estimate of drug-likeness (QED) is 0.151. The Kier molecular flexibility index (Phi) is 8.88. The number of hydrogen-bond acceptors (Lipinski definition) is 9. The summed E-state index contributed by atoms with van der Waals surface area (Å²) in [5.41, 5.74) is -0.746. The molecule has 5 amide bonds. The van der Waals surface area contributed by atoms with Gasteiger partial charge >= 0.3 is 30.9 Å². The number of nitrogens with zero attached hydrogens (tertiary/aromatic N) is 2. The minimum atomic E-state index is -4.33. The van der Waals surface area contributed by atoms with Crippen molar-refractivity contribution in [3.63, 3.8) is 0 Å². The second kappa shape index (κ2) is 12.2. The van der Waals surface area contributed by atoms with Crippen molar-refractivity contribution in [2.75, 3.05) is 24.4 Å². The molecule has 1 saturated heterocycles. The predicted octanol–water partition coefficient (Wildman–Crippen LogP) is -1.28. The van der Waals surface area contributed by atoms with Crippen molar-refractivity contribution in [3.8, 4) is 5.75 Å². The molecule has 4 rings (SSSR count). The van der Waals surface area contributed by atoms with E-state index in [0.29, 0.717) is 10.5 Å². The van der Waals surface area contributed by atoms with Crippen LogP contribution in [0.4, 0.5) is 14.9 Å². The Morgan fingerprint density at radius 2 is 1.91 bits per heavy atom. The number of imide groups is 1. The van der Waals surface area contributed by atoms with Crippen LogP contribution in [0.3, 0.4) is 0 Å². The van der Waals surface area contributed by atoms with Gasteiger partial charge in [0.2, 0.25) is 5.91 Å². The Labute approximate surface area is 244 Å². The largest absolute Gasteiger partial charge is 0.547 e. The molecule has 0 spiro atoms. The Bertz CT molecular complexity index is 1610. The minimum absolute atomic E-state index is 0.0107. The van der Waals surface area contributed by atoms with Crippen LogP contribution in [0.1, 0.15) is 34.5 Å². The molecular weight excluding hydrogens is 594 g/mol. The molecule has 2 atom stereocenters. The third-order valence-electron chi connectivity index (χ3n) is 6.71. The molecule has 7 N–H and O–H groups in total. The summed E-state index contributed by atoms with van der Waals surface area (Å²) in [6.07, 6.45) is -0.133. The Hall–Kier alpha value is -4.75. The maximum atomic E-state index is 15.1. The maximum absolute atomic E-state index is 15.1. The number of carbonyl (C=O) groups excluding carboxylic acids is 4. The number of aromatic carboxylic acids is 1. The molecule has 0 aliphatic carbocycles. The van der Waals surface area contributed by atoms with Crippen molar-refractivity contribution in [1.82, 2.24) is 20.4 Å². The van der Waals surface area contributed by atoms with Crippen LogP contribution in [0.15, 0.2) is 36.4 Å². The third kappa shape index (κ3) is 6.84. The van der Waals surface area contributed by atoms with Crippen LogP contribution in [-0.2, 0) is 31.0 Å². The van der Waals surface area contributed by atoms with Gasteiger partial charge in [-0.25, -0.2) is 19.1 Å². The molecule has 2 heterocycles. The van der Waals surface area contributed by atoms with Crippen LogP contribution in [0, 0.1) is 5.82 Å². The predicted molar refractivity (Wildman–Crippen MR) is 146 cm³/mol. The number of urea groups is 1. The van der Waals surface area contributed by atoms with E-state index >= 15 is 4.39 Å². The second-order valence-corrected chi connectivity index (χ2v) is 10.8. The molecule has 0 bridgehead atoms. The number of rotatable bonds is 8. The smallest absolute Gasteiger partial charge is 0.534 e. The highest BCUT2D eigenvalue weighted by Crippen LogP contribution is 2.31. The maximum Gasteiger partial charge on any atom is 0.547 e. The van der Waals surface area contributed by atoms with Crippen molar-refractivity contribution in [2.24, 2.45) is 5.14 Å². The molecule has 2 aromatic rings. The molecule has 1 unspecified atom stereocenters. The van der Waals surface area contributed by atoms with Gasteiger partial charge in [0, 0.05) is 25.2 Å². The van der Waals surface area contributed by atoms with Crippen LogP contribution in [0.25, 0.3) is 0 Å². The molecule has 16 nitrogen and oxygen atoms in total. The number of amides is 5. The van der Waals surface area contributed by atoms with Gasteiger partial charge in [-0.05, 0) is 43.2 Å². The topological polar surface area (TPSA) is 238 Å². The molecule has 0 saturated carbocycles. The first kappa shape index (κ1) is 31.2. The van der Waals surface area contributed by atoms with E-state index in [0.717, 1.165) is 18.2 Å². The third-order valence-corrected chi connectivity index (χ3v) is 7.23. The van der Waals surface area contributed by atoms with Gasteiger partial charge in [-0.1, -0.05) is 12.1 Å². The van der Waals surface area contributed by atoms with Gasteiger partial charge in [0.1, 0.15) is 17.6 Å². The van der Waals surface area contributed by atoms with Crippen molar-refractivity contribution in [2.45, 2.75) is 25.3 Å². The highest BCUT2D eigenvalue weighted by Gasteiger charge is 2.41. The molecule has 228 valence electrons. The van der Waals surface area contributed by atoms with Gasteiger partial charge in [0.25, 0.3) is 10.2 Å². The lowest BCUT2D eigenvalue weighted by Crippen LogP contribution is -2.60. The first-order valence-corrected chi connectivity index (χ1v) is 14.3. The van der Waals surface area contributed by atoms with E-state index in [1.54, 1.807) is 6.92 Å². The fourth-order valence-corrected chi connectivity index (χ4v) is 5.09. The summed E-state index contributed by atoms with van der Waals surface area (Å²) in [6, 6.07) is 3.71. The zero-order valence-electron chi connectivity index (χ0n) is 22.4. The first-order chi connectivity index (χ1) is 20.2. The number of piperazine rings is 1. The Morgan fingerprint density at radius 3 is 2.56 bits per heavy atom. The number of halogens is 1. The van der Waals surface area contributed by atoms with Crippen molar-refractivity contribution in [3.05, 3.63) is 58.9 Å². The van der Waals surface area contributed by atoms with E-state index in [1.165, 1.54) is 23.1 Å². The average Bonchev–Trinajstić information content (AvgIpc) is 2.93. The number of nitrogens with two attached hydrogens (primary N) is 1. The molecule has 19 heteroatoms. The lowest BCUT2D eigenvalue weighted by atomic mass is 9.72. The number of carbonyl (C=O) groups is 5. The summed E-state index contributed by atoms with van der Waals surface area (Å²) >= 11 is 0. The summed E-state index contributed by atoms with van der Waals surface area (Å²) in [4.78, 5) is 64.9. The number of hydrogen-bond donors (Lipinski definition) is 6. The number of carboxylic acid groups (broad SMARTS) is 1. The molecule has 2 aliphatic heterocycles. The van der Waals surface area contributed by atoms with Crippen LogP contribution < -0.4 is 25.1 Å². The fourth-order valence-electron chi connectivity index (χ4n) is 4.63. The number of nitrogens with one attached hydrogen (secondary N) is 3. The van der Waals surface area contributed by atoms with Gasteiger partial charge in [-0.2, -0.15) is 8.42 Å². The summed E-state index contributed by atoms with van der Waals surface area (Å²) in [6.45, 7) is 1.63. The minimum Gasteiger partial charge on any atom is -0.534 e. The van der Waals surface area contributed by atoms with Gasteiger partial charge in [-0.3, -0.25) is 24.0 Å². The van der Waals surface area contributed by atoms with E-state index in [4.69, 9.17) is 9.79 Å². The zero-order valence-corrected chi connectivity index (χ0v) is 23.3.